The van der Waals surface area contributed by atoms with Gasteiger partial charge in [0.25, 0.3) is 5.91 Å². The Balaban J connectivity index is 1.64. The molecule has 41 heavy (non-hydrogen) atoms. The minimum absolute atomic E-state index is 0.0600. The second kappa shape index (κ2) is 12.0. The number of ether oxygens (including phenoxy) is 2. The highest BCUT2D eigenvalue weighted by Crippen LogP contribution is 2.35. The smallest absolute Gasteiger partial charge is 0.410 e. The molecule has 1 atom stereocenters. The zero-order chi connectivity index (χ0) is 29.9. The van der Waals surface area contributed by atoms with E-state index >= 15 is 0 Å². The monoisotopic (exact) mass is 562 g/mol. The van der Waals surface area contributed by atoms with Crippen molar-refractivity contribution in [2.24, 2.45) is 0 Å². The number of esters is 1. The Kier molecular flexibility index (Phi) is 8.65. The van der Waals surface area contributed by atoms with Crippen molar-refractivity contribution in [1.82, 2.24) is 19.5 Å². The van der Waals surface area contributed by atoms with Crippen LogP contribution in [0.2, 0.25) is 0 Å². The normalized spacial score (nSPS) is 15.2. The molecular formula is C30H38N6O5. The number of likely N-dealkylation sites (tertiary alicyclic amines) is 1. The Morgan fingerprint density at radius 1 is 1.15 bits per heavy atom. The predicted octanol–water partition coefficient (Wildman–Crippen LogP) is 5.28. The van der Waals surface area contributed by atoms with Gasteiger partial charge in [-0.05, 0) is 76.3 Å². The molecule has 1 saturated heterocycles. The molecule has 1 aliphatic heterocycles. The number of pyridine rings is 1. The largest absolute Gasteiger partial charge is 0.461 e. The molecule has 0 unspecified atom stereocenters. The fraction of sp³-hybridized carbons (Fsp3) is 0.433. The summed E-state index contributed by atoms with van der Waals surface area (Å²) in [6.07, 6.45) is 2.55. The fourth-order valence-corrected chi connectivity index (χ4v) is 4.70. The van der Waals surface area contributed by atoms with Crippen molar-refractivity contribution >= 4 is 23.8 Å². The summed E-state index contributed by atoms with van der Waals surface area (Å²) in [5.74, 6) is 6.60. The zero-order valence-corrected chi connectivity index (χ0v) is 24.4. The molecule has 1 aliphatic rings. The average molecular weight is 563 g/mol. The lowest BCUT2D eigenvalue weighted by atomic mass is 10.0. The molecule has 0 aliphatic carbocycles. The van der Waals surface area contributed by atoms with E-state index in [0.29, 0.717) is 47.3 Å². The molecule has 11 heteroatoms. The average Bonchev–Trinajstić information content (AvgIpc) is 3.52. The maximum atomic E-state index is 13.0. The van der Waals surface area contributed by atoms with Gasteiger partial charge in [0, 0.05) is 23.9 Å². The van der Waals surface area contributed by atoms with Gasteiger partial charge in [0.15, 0.2) is 11.5 Å². The van der Waals surface area contributed by atoms with Crippen LogP contribution in [0.25, 0.3) is 11.3 Å². The van der Waals surface area contributed by atoms with E-state index in [9.17, 15) is 14.4 Å². The summed E-state index contributed by atoms with van der Waals surface area (Å²) in [5, 5.41) is 2.83. The molecular weight excluding hydrogens is 524 g/mol. The highest BCUT2D eigenvalue weighted by Gasteiger charge is 2.38. The summed E-state index contributed by atoms with van der Waals surface area (Å²) in [6, 6.07) is 9.97. The number of rotatable bonds is 7. The standard InChI is InChI=1S/C30H38N6O5/c1-7-40-28(38)25-24(34-26(36(25)31)22-9-8-16-35(22)29(39)41-30(4,5)6)19-10-12-20(13-11-19)27(37)33-23-17-21(18(2)3)14-15-32-23/h10-15,17-18,22H,7-9,16,31H2,1-6H3,(H,32,33,37)/t22-/m0/s1. The van der Waals surface area contributed by atoms with Gasteiger partial charge in [0.05, 0.1) is 12.6 Å². The Bertz CT molecular complexity index is 1420. The van der Waals surface area contributed by atoms with Crippen LogP contribution >= 0.6 is 0 Å². The maximum absolute atomic E-state index is 13.0. The molecule has 4 rings (SSSR count). The van der Waals surface area contributed by atoms with Gasteiger partial charge in [-0.1, -0.05) is 26.0 Å². The molecule has 2 aromatic heterocycles. The Labute approximate surface area is 240 Å². The predicted molar refractivity (Wildman–Crippen MR) is 155 cm³/mol. The van der Waals surface area contributed by atoms with E-state index in [-0.39, 0.29) is 18.2 Å². The van der Waals surface area contributed by atoms with Crippen molar-refractivity contribution in [2.45, 2.75) is 71.9 Å². The third-order valence-electron chi connectivity index (χ3n) is 6.70. The van der Waals surface area contributed by atoms with E-state index in [1.807, 2.05) is 12.1 Å². The SMILES string of the molecule is CCOC(=O)c1c(-c2ccc(C(=O)Nc3cc(C(C)C)ccn3)cc2)nc([C@@H]2CCCN2C(=O)OC(C)(C)C)n1N. The maximum Gasteiger partial charge on any atom is 0.410 e. The molecule has 1 aromatic carbocycles. The number of nitrogens with one attached hydrogen (secondary N) is 1. The minimum Gasteiger partial charge on any atom is -0.461 e. The van der Waals surface area contributed by atoms with Crippen LogP contribution in [-0.4, -0.2) is 56.3 Å². The van der Waals surface area contributed by atoms with Crippen LogP contribution in [0, 0.1) is 0 Å². The van der Waals surface area contributed by atoms with Gasteiger partial charge in [-0.2, -0.15) is 0 Å². The number of carbonyl (C=O) groups is 3. The van der Waals surface area contributed by atoms with E-state index in [0.717, 1.165) is 12.0 Å². The van der Waals surface area contributed by atoms with Crippen molar-refractivity contribution in [1.29, 1.82) is 0 Å². The van der Waals surface area contributed by atoms with Crippen LogP contribution in [0.5, 0.6) is 0 Å². The molecule has 0 saturated carbocycles. The second-order valence-electron chi connectivity index (χ2n) is 11.3. The van der Waals surface area contributed by atoms with Crippen LogP contribution in [0.4, 0.5) is 10.6 Å². The van der Waals surface area contributed by atoms with Crippen molar-refractivity contribution in [3.8, 4) is 11.3 Å². The summed E-state index contributed by atoms with van der Waals surface area (Å²) in [5.41, 5.74) is 1.74. The van der Waals surface area contributed by atoms with Crippen LogP contribution in [0.15, 0.2) is 42.6 Å². The first-order valence-electron chi connectivity index (χ1n) is 13.8. The van der Waals surface area contributed by atoms with Crippen molar-refractivity contribution in [2.75, 3.05) is 24.3 Å². The lowest BCUT2D eigenvalue weighted by molar-refractivity contribution is 0.0216. The van der Waals surface area contributed by atoms with Crippen molar-refractivity contribution in [3.05, 3.63) is 65.2 Å². The fourth-order valence-electron chi connectivity index (χ4n) is 4.70. The molecule has 3 heterocycles. The summed E-state index contributed by atoms with van der Waals surface area (Å²) < 4.78 is 12.1. The molecule has 3 N–H and O–H groups in total. The number of hydrogen-bond donors (Lipinski definition) is 2. The molecule has 0 bridgehead atoms. The number of nitrogens with two attached hydrogens (primary N) is 1. The van der Waals surface area contributed by atoms with Gasteiger partial charge in [-0.3, -0.25) is 9.69 Å². The highest BCUT2D eigenvalue weighted by atomic mass is 16.6. The molecule has 2 amide bonds. The molecule has 218 valence electrons. The number of nitrogens with zero attached hydrogens (tertiary/aromatic N) is 4. The number of carbonyl (C=O) groups excluding carboxylic acids is 3. The van der Waals surface area contributed by atoms with E-state index in [4.69, 9.17) is 20.3 Å². The summed E-state index contributed by atoms with van der Waals surface area (Å²) in [7, 11) is 0. The van der Waals surface area contributed by atoms with E-state index < -0.39 is 23.7 Å². The van der Waals surface area contributed by atoms with Gasteiger partial charge in [0.2, 0.25) is 0 Å². The number of aromatic nitrogens is 3. The summed E-state index contributed by atoms with van der Waals surface area (Å²) in [6.45, 7) is 11.9. The van der Waals surface area contributed by atoms with Crippen molar-refractivity contribution < 1.29 is 23.9 Å². The minimum atomic E-state index is -0.662. The van der Waals surface area contributed by atoms with E-state index in [2.05, 4.69) is 24.1 Å². The van der Waals surface area contributed by atoms with Gasteiger partial charge >= 0.3 is 12.1 Å². The van der Waals surface area contributed by atoms with E-state index in [1.54, 1.807) is 63.1 Å². The second-order valence-corrected chi connectivity index (χ2v) is 11.3. The molecule has 1 fully saturated rings. The first-order chi connectivity index (χ1) is 19.4. The third kappa shape index (κ3) is 6.67. The lowest BCUT2D eigenvalue weighted by Gasteiger charge is -2.28. The quantitative estimate of drug-likeness (QED) is 0.292. The number of amides is 2. The van der Waals surface area contributed by atoms with Gasteiger partial charge < -0.3 is 20.6 Å². The van der Waals surface area contributed by atoms with E-state index in [1.165, 1.54) is 4.68 Å². The highest BCUT2D eigenvalue weighted by molar-refractivity contribution is 6.04. The number of benzene rings is 1. The first-order valence-corrected chi connectivity index (χ1v) is 13.8. The number of nitrogen functional groups attached to an aromatic ring is 1. The zero-order valence-electron chi connectivity index (χ0n) is 24.4. The third-order valence-corrected chi connectivity index (χ3v) is 6.70. The van der Waals surface area contributed by atoms with Gasteiger partial charge in [-0.15, -0.1) is 0 Å². The van der Waals surface area contributed by atoms with Crippen LogP contribution in [0.1, 0.15) is 98.6 Å². The number of anilines is 1. The lowest BCUT2D eigenvalue weighted by Crippen LogP contribution is -2.37. The molecule has 3 aromatic rings. The Morgan fingerprint density at radius 2 is 1.85 bits per heavy atom. The molecule has 0 radical (unpaired) electrons. The topological polar surface area (TPSA) is 142 Å². The molecule has 11 nitrogen and oxygen atoms in total. The summed E-state index contributed by atoms with van der Waals surface area (Å²) >= 11 is 0. The van der Waals surface area contributed by atoms with Gasteiger partial charge in [0.1, 0.15) is 17.1 Å². The van der Waals surface area contributed by atoms with Crippen LogP contribution < -0.4 is 11.2 Å². The van der Waals surface area contributed by atoms with Crippen LogP contribution in [0.3, 0.4) is 0 Å². The molecule has 0 spiro atoms. The first kappa shape index (κ1) is 29.6. The summed E-state index contributed by atoms with van der Waals surface area (Å²) in [4.78, 5) is 49.4. The number of hydrogen-bond acceptors (Lipinski definition) is 8. The van der Waals surface area contributed by atoms with Crippen LogP contribution in [-0.2, 0) is 9.47 Å². The number of imidazole rings is 1. The van der Waals surface area contributed by atoms with Gasteiger partial charge in [-0.25, -0.2) is 24.2 Å². The van der Waals surface area contributed by atoms with Crippen molar-refractivity contribution in [3.63, 3.8) is 0 Å². The Morgan fingerprint density at radius 3 is 2.49 bits per heavy atom. The Hall–Kier alpha value is -4.41.